The summed E-state index contributed by atoms with van der Waals surface area (Å²) in [5, 5.41) is 6.69. The van der Waals surface area contributed by atoms with Crippen LogP contribution in [0.3, 0.4) is 0 Å². The predicted molar refractivity (Wildman–Crippen MR) is 83.8 cm³/mol. The second kappa shape index (κ2) is 6.20. The highest BCUT2D eigenvalue weighted by Gasteiger charge is 2.34. The van der Waals surface area contributed by atoms with E-state index in [4.69, 9.17) is 11.6 Å². The highest BCUT2D eigenvalue weighted by atomic mass is 35.5. The van der Waals surface area contributed by atoms with Gasteiger partial charge in [-0.15, -0.1) is 0 Å². The third-order valence-electron chi connectivity index (χ3n) is 4.42. The average Bonchev–Trinajstić information content (AvgIpc) is 2.50. The van der Waals surface area contributed by atoms with Crippen LogP contribution in [-0.4, -0.2) is 48.0 Å². The fraction of sp³-hybridized carbons (Fsp3) is 0.600. The SMILES string of the molecule is CCNc1ncc(C(=O)NC2CN3CCC2CC3)cc1Cl. The Balaban J connectivity index is 1.66. The van der Waals surface area contributed by atoms with E-state index in [0.29, 0.717) is 22.3 Å². The summed E-state index contributed by atoms with van der Waals surface area (Å²) < 4.78 is 0. The van der Waals surface area contributed by atoms with Gasteiger partial charge < -0.3 is 15.5 Å². The molecule has 4 heterocycles. The maximum atomic E-state index is 12.4. The van der Waals surface area contributed by atoms with Crippen LogP contribution < -0.4 is 10.6 Å². The maximum absolute atomic E-state index is 12.4. The number of fused-ring (bicyclic) bond motifs is 3. The summed E-state index contributed by atoms with van der Waals surface area (Å²) in [4.78, 5) is 19.0. The molecule has 3 fully saturated rings. The number of carbonyl (C=O) groups excluding carboxylic acids is 1. The predicted octanol–water partition coefficient (Wildman–Crippen LogP) is 1.99. The zero-order valence-electron chi connectivity index (χ0n) is 12.2. The van der Waals surface area contributed by atoms with Crippen molar-refractivity contribution in [2.75, 3.05) is 31.5 Å². The summed E-state index contributed by atoms with van der Waals surface area (Å²) in [6.07, 6.45) is 3.95. The fourth-order valence-electron chi connectivity index (χ4n) is 3.24. The van der Waals surface area contributed by atoms with Gasteiger partial charge in [0.25, 0.3) is 5.91 Å². The van der Waals surface area contributed by atoms with Crippen molar-refractivity contribution >= 4 is 23.3 Å². The molecule has 1 atom stereocenters. The minimum absolute atomic E-state index is 0.0776. The number of anilines is 1. The van der Waals surface area contributed by atoms with Crippen LogP contribution in [0.2, 0.25) is 5.02 Å². The lowest BCUT2D eigenvalue weighted by atomic mass is 9.84. The van der Waals surface area contributed by atoms with Crippen molar-refractivity contribution in [1.29, 1.82) is 0 Å². The largest absolute Gasteiger partial charge is 0.369 e. The van der Waals surface area contributed by atoms with Crippen LogP contribution in [0.5, 0.6) is 0 Å². The summed E-state index contributed by atoms with van der Waals surface area (Å²) in [7, 11) is 0. The van der Waals surface area contributed by atoms with Gasteiger partial charge in [0.15, 0.2) is 0 Å². The first kappa shape index (κ1) is 14.6. The Morgan fingerprint density at radius 1 is 1.48 bits per heavy atom. The lowest BCUT2D eigenvalue weighted by Gasteiger charge is -2.44. The van der Waals surface area contributed by atoms with E-state index in [9.17, 15) is 4.79 Å². The molecule has 0 spiro atoms. The van der Waals surface area contributed by atoms with Gasteiger partial charge in [0, 0.05) is 25.3 Å². The Morgan fingerprint density at radius 3 is 2.81 bits per heavy atom. The summed E-state index contributed by atoms with van der Waals surface area (Å²) in [6.45, 7) is 6.03. The van der Waals surface area contributed by atoms with Gasteiger partial charge in [0.1, 0.15) is 5.82 Å². The van der Waals surface area contributed by atoms with Crippen LogP contribution in [0.4, 0.5) is 5.82 Å². The molecule has 114 valence electrons. The van der Waals surface area contributed by atoms with Crippen LogP contribution in [0.25, 0.3) is 0 Å². The van der Waals surface area contributed by atoms with E-state index in [1.807, 2.05) is 6.92 Å². The van der Waals surface area contributed by atoms with Crippen molar-refractivity contribution in [2.45, 2.75) is 25.8 Å². The van der Waals surface area contributed by atoms with Gasteiger partial charge >= 0.3 is 0 Å². The van der Waals surface area contributed by atoms with E-state index in [2.05, 4.69) is 20.5 Å². The van der Waals surface area contributed by atoms with Gasteiger partial charge in [0.05, 0.1) is 10.6 Å². The smallest absolute Gasteiger partial charge is 0.253 e. The molecule has 1 aromatic rings. The number of carbonyl (C=O) groups is 1. The quantitative estimate of drug-likeness (QED) is 0.893. The van der Waals surface area contributed by atoms with Crippen molar-refractivity contribution in [2.24, 2.45) is 5.92 Å². The number of hydrogen-bond donors (Lipinski definition) is 2. The zero-order chi connectivity index (χ0) is 14.8. The number of nitrogens with one attached hydrogen (secondary N) is 2. The fourth-order valence-corrected chi connectivity index (χ4v) is 3.47. The zero-order valence-corrected chi connectivity index (χ0v) is 13.0. The third kappa shape index (κ3) is 3.14. The number of rotatable bonds is 4. The van der Waals surface area contributed by atoms with Crippen LogP contribution in [-0.2, 0) is 0 Å². The molecule has 5 nitrogen and oxygen atoms in total. The number of nitrogens with zero attached hydrogens (tertiary/aromatic N) is 2. The van der Waals surface area contributed by atoms with Crippen molar-refractivity contribution in [3.05, 3.63) is 22.8 Å². The highest BCUT2D eigenvalue weighted by Crippen LogP contribution is 2.28. The van der Waals surface area contributed by atoms with Crippen molar-refractivity contribution < 1.29 is 4.79 Å². The third-order valence-corrected chi connectivity index (χ3v) is 4.71. The first-order chi connectivity index (χ1) is 10.2. The lowest BCUT2D eigenvalue weighted by molar-refractivity contribution is 0.0620. The Labute approximate surface area is 130 Å². The standard InChI is InChI=1S/C15H21ClN4O/c1-2-17-14-12(16)7-11(8-18-14)15(21)19-13-9-20-5-3-10(13)4-6-20/h7-8,10,13H,2-6,9H2,1H3,(H,17,18)(H,19,21). The second-order valence-electron chi connectivity index (χ2n) is 5.80. The van der Waals surface area contributed by atoms with Crippen LogP contribution >= 0.6 is 11.6 Å². The molecular formula is C15H21ClN4O. The summed E-state index contributed by atoms with van der Waals surface area (Å²) in [5.41, 5.74) is 0.526. The molecule has 3 aliphatic rings. The van der Waals surface area contributed by atoms with E-state index in [1.165, 1.54) is 25.9 Å². The van der Waals surface area contributed by atoms with Gasteiger partial charge in [0.2, 0.25) is 0 Å². The number of aromatic nitrogens is 1. The van der Waals surface area contributed by atoms with E-state index >= 15 is 0 Å². The van der Waals surface area contributed by atoms with E-state index < -0.39 is 0 Å². The lowest BCUT2D eigenvalue weighted by Crippen LogP contribution is -2.57. The van der Waals surface area contributed by atoms with Crippen molar-refractivity contribution in [3.8, 4) is 0 Å². The molecule has 0 aliphatic carbocycles. The monoisotopic (exact) mass is 308 g/mol. The molecule has 1 aromatic heterocycles. The normalized spacial score (nSPS) is 27.4. The molecule has 3 aliphatic heterocycles. The molecule has 0 saturated carbocycles. The van der Waals surface area contributed by atoms with Gasteiger partial charge in [-0.1, -0.05) is 11.6 Å². The molecule has 0 aromatic carbocycles. The van der Waals surface area contributed by atoms with Crippen LogP contribution in [0.1, 0.15) is 30.1 Å². The number of pyridine rings is 1. The van der Waals surface area contributed by atoms with Gasteiger partial charge in [-0.25, -0.2) is 4.98 Å². The number of hydrogen-bond acceptors (Lipinski definition) is 4. The van der Waals surface area contributed by atoms with Gasteiger partial charge in [-0.05, 0) is 44.8 Å². The van der Waals surface area contributed by atoms with E-state index in [1.54, 1.807) is 12.3 Å². The van der Waals surface area contributed by atoms with Crippen molar-refractivity contribution in [3.63, 3.8) is 0 Å². The molecule has 21 heavy (non-hydrogen) atoms. The molecular weight excluding hydrogens is 288 g/mol. The Kier molecular flexibility index (Phi) is 4.31. The average molecular weight is 309 g/mol. The Bertz CT molecular complexity index is 528. The minimum atomic E-state index is -0.0776. The summed E-state index contributed by atoms with van der Waals surface area (Å²) in [6, 6.07) is 1.94. The number of piperidine rings is 3. The molecule has 2 bridgehead atoms. The second-order valence-corrected chi connectivity index (χ2v) is 6.21. The summed E-state index contributed by atoms with van der Waals surface area (Å²) >= 11 is 6.14. The topological polar surface area (TPSA) is 57.3 Å². The Morgan fingerprint density at radius 2 is 2.24 bits per heavy atom. The molecule has 0 radical (unpaired) electrons. The number of amides is 1. The van der Waals surface area contributed by atoms with E-state index in [-0.39, 0.29) is 11.9 Å². The Hall–Kier alpha value is -1.33. The first-order valence-electron chi connectivity index (χ1n) is 7.60. The molecule has 4 rings (SSSR count). The molecule has 3 saturated heterocycles. The molecule has 1 amide bonds. The molecule has 6 heteroatoms. The van der Waals surface area contributed by atoms with E-state index in [0.717, 1.165) is 13.1 Å². The number of halogens is 1. The summed E-state index contributed by atoms with van der Waals surface area (Å²) in [5.74, 6) is 1.16. The van der Waals surface area contributed by atoms with Gasteiger partial charge in [-0.3, -0.25) is 4.79 Å². The van der Waals surface area contributed by atoms with Crippen LogP contribution in [0, 0.1) is 5.92 Å². The maximum Gasteiger partial charge on any atom is 0.253 e. The van der Waals surface area contributed by atoms with Crippen molar-refractivity contribution in [1.82, 2.24) is 15.2 Å². The van der Waals surface area contributed by atoms with Gasteiger partial charge in [-0.2, -0.15) is 0 Å². The first-order valence-corrected chi connectivity index (χ1v) is 7.97. The van der Waals surface area contributed by atoms with Crippen LogP contribution in [0.15, 0.2) is 12.3 Å². The minimum Gasteiger partial charge on any atom is -0.369 e. The molecule has 2 N–H and O–H groups in total. The highest BCUT2D eigenvalue weighted by molar-refractivity contribution is 6.33. The molecule has 1 unspecified atom stereocenters.